The Morgan fingerprint density at radius 1 is 0.650 bits per heavy atom. The van der Waals surface area contributed by atoms with Gasteiger partial charge in [0.2, 0.25) is 0 Å². The number of hydrogen-bond acceptors (Lipinski definition) is 3. The lowest BCUT2D eigenvalue weighted by Crippen LogP contribution is -2.43. The van der Waals surface area contributed by atoms with Gasteiger partial charge in [-0.05, 0) is 0 Å². The van der Waals surface area contributed by atoms with Gasteiger partial charge in [-0.15, -0.1) is 0 Å². The van der Waals surface area contributed by atoms with Gasteiger partial charge in [0.05, 0.1) is 0 Å². The summed E-state index contributed by atoms with van der Waals surface area (Å²) >= 11 is 3.79. The first-order valence-electron chi connectivity index (χ1n) is 4.29. The van der Waals surface area contributed by atoms with E-state index in [2.05, 4.69) is 21.7 Å². The predicted octanol–water partition coefficient (Wildman–Crippen LogP) is 3.70. The van der Waals surface area contributed by atoms with Crippen molar-refractivity contribution in [2.75, 3.05) is 13.2 Å². The lowest BCUT2D eigenvalue weighted by atomic mass is 10.3. The summed E-state index contributed by atoms with van der Waals surface area (Å²) in [6.07, 6.45) is -12.0. The number of halogens is 10. The molecule has 0 rings (SSSR count). The summed E-state index contributed by atoms with van der Waals surface area (Å²) in [5.74, 6) is -10.7. The van der Waals surface area contributed by atoms with Crippen molar-refractivity contribution in [2.24, 2.45) is 0 Å². The molecule has 0 atom stereocenters. The van der Waals surface area contributed by atoms with Crippen molar-refractivity contribution in [3.8, 4) is 0 Å². The van der Waals surface area contributed by atoms with Gasteiger partial charge < -0.3 is 9.47 Å². The van der Waals surface area contributed by atoms with Crippen LogP contribution in [0.15, 0.2) is 0 Å². The molecule has 0 unspecified atom stereocenters. The maximum Gasteiger partial charge on any atom is 0.456 e. The molecule has 0 fully saturated rings. The highest BCUT2D eigenvalue weighted by Gasteiger charge is 2.59. The SMILES string of the molecule is FC(F)(F)C(F)(F)COC(=S)OCC(F)(F)C(F)(F)F. The second-order valence-corrected chi connectivity index (χ2v) is 3.57. The van der Waals surface area contributed by atoms with Gasteiger partial charge in [-0.1, -0.05) is 0 Å². The minimum absolute atomic E-state index is 1.70. The molecule has 0 N–H and O–H groups in total. The predicted molar refractivity (Wildman–Crippen MR) is 46.5 cm³/mol. The van der Waals surface area contributed by atoms with Gasteiger partial charge in [0.15, 0.2) is 13.2 Å². The highest BCUT2D eigenvalue weighted by Crippen LogP contribution is 2.36. The lowest BCUT2D eigenvalue weighted by molar-refractivity contribution is -0.296. The Hall–Kier alpha value is -1.01. The smallest absolute Gasteiger partial charge is 0.450 e. The van der Waals surface area contributed by atoms with Crippen LogP contribution in [-0.4, -0.2) is 42.6 Å². The molecule has 0 amide bonds. The molecule has 0 aliphatic heterocycles. The number of alkyl halides is 10. The molecule has 0 aromatic heterocycles. The van der Waals surface area contributed by atoms with Crippen LogP contribution in [0.5, 0.6) is 0 Å². The summed E-state index contributed by atoms with van der Waals surface area (Å²) < 4.78 is 126. The summed E-state index contributed by atoms with van der Waals surface area (Å²) in [6, 6.07) is 0. The summed E-state index contributed by atoms with van der Waals surface area (Å²) in [6.45, 7) is -4.82. The molecule has 0 saturated carbocycles. The van der Waals surface area contributed by atoms with E-state index in [1.165, 1.54) is 0 Å². The first kappa shape index (κ1) is 19.0. The Morgan fingerprint density at radius 3 is 1.10 bits per heavy atom. The molecular weight excluding hydrogens is 338 g/mol. The van der Waals surface area contributed by atoms with Crippen LogP contribution in [0.1, 0.15) is 0 Å². The third kappa shape index (κ3) is 5.17. The van der Waals surface area contributed by atoms with Crippen LogP contribution >= 0.6 is 12.2 Å². The van der Waals surface area contributed by atoms with Crippen molar-refractivity contribution >= 4 is 17.5 Å². The Balaban J connectivity index is 4.35. The lowest BCUT2D eigenvalue weighted by Gasteiger charge is -2.22. The van der Waals surface area contributed by atoms with E-state index >= 15 is 0 Å². The van der Waals surface area contributed by atoms with Gasteiger partial charge in [0, 0.05) is 12.2 Å². The Morgan fingerprint density at radius 2 is 0.900 bits per heavy atom. The third-order valence-corrected chi connectivity index (χ3v) is 1.81. The summed E-state index contributed by atoms with van der Waals surface area (Å²) in [5, 5.41) is -1.70. The van der Waals surface area contributed by atoms with Crippen molar-refractivity contribution in [1.82, 2.24) is 0 Å². The fourth-order valence-electron chi connectivity index (χ4n) is 0.504. The van der Waals surface area contributed by atoms with Gasteiger partial charge >= 0.3 is 29.4 Å². The first-order valence-corrected chi connectivity index (χ1v) is 4.69. The van der Waals surface area contributed by atoms with Crippen LogP contribution in [0.4, 0.5) is 43.9 Å². The van der Waals surface area contributed by atoms with Gasteiger partial charge in [-0.2, -0.15) is 43.9 Å². The monoisotopic (exact) mass is 342 g/mol. The summed E-state index contributed by atoms with van der Waals surface area (Å²) in [7, 11) is 0. The molecule has 0 aliphatic rings. The van der Waals surface area contributed by atoms with E-state index in [9.17, 15) is 43.9 Å². The molecule has 0 aliphatic carbocycles. The van der Waals surface area contributed by atoms with E-state index in [1.807, 2.05) is 0 Å². The van der Waals surface area contributed by atoms with Gasteiger partial charge in [-0.3, -0.25) is 0 Å². The quantitative estimate of drug-likeness (QED) is 0.573. The second-order valence-electron chi connectivity index (χ2n) is 3.23. The van der Waals surface area contributed by atoms with Crippen LogP contribution < -0.4 is 0 Å². The zero-order chi connectivity index (χ0) is 16.4. The van der Waals surface area contributed by atoms with Crippen LogP contribution in [0.3, 0.4) is 0 Å². The van der Waals surface area contributed by atoms with Crippen LogP contribution in [0.25, 0.3) is 0 Å². The van der Waals surface area contributed by atoms with Crippen LogP contribution in [-0.2, 0) is 9.47 Å². The minimum atomic E-state index is -6.00. The zero-order valence-electron chi connectivity index (χ0n) is 8.92. The number of rotatable bonds is 4. The molecule has 13 heteroatoms. The van der Waals surface area contributed by atoms with E-state index in [4.69, 9.17) is 0 Å². The standard InChI is InChI=1S/C7H4F10O2S/c8-4(9,6(12,13)14)1-18-3(20)19-2-5(10,11)7(15,16)17/h1-2H2. The normalized spacial score (nSPS) is 14.1. The average Bonchev–Trinajstić information content (AvgIpc) is 2.20. The molecule has 0 aromatic carbocycles. The van der Waals surface area contributed by atoms with E-state index < -0.39 is 42.6 Å². The molecule has 120 valence electrons. The highest BCUT2D eigenvalue weighted by molar-refractivity contribution is 7.79. The Bertz CT molecular complexity index is 314. The van der Waals surface area contributed by atoms with Crippen molar-refractivity contribution < 1.29 is 53.4 Å². The number of thiocarbonyl (C=S) groups is 1. The van der Waals surface area contributed by atoms with Crippen molar-refractivity contribution in [3.63, 3.8) is 0 Å². The maximum absolute atomic E-state index is 12.3. The van der Waals surface area contributed by atoms with E-state index in [1.54, 1.807) is 0 Å². The third-order valence-electron chi connectivity index (χ3n) is 1.57. The summed E-state index contributed by atoms with van der Waals surface area (Å²) in [4.78, 5) is 0. The van der Waals surface area contributed by atoms with E-state index in [0.717, 1.165) is 0 Å². The number of hydrogen-bond donors (Lipinski definition) is 0. The van der Waals surface area contributed by atoms with Crippen molar-refractivity contribution in [2.45, 2.75) is 24.2 Å². The molecule has 0 saturated heterocycles. The Labute approximate surface area is 109 Å². The molecule has 2 nitrogen and oxygen atoms in total. The van der Waals surface area contributed by atoms with Gasteiger partial charge in [-0.25, -0.2) is 0 Å². The van der Waals surface area contributed by atoms with Crippen LogP contribution in [0.2, 0.25) is 0 Å². The van der Waals surface area contributed by atoms with Crippen molar-refractivity contribution in [1.29, 1.82) is 0 Å². The van der Waals surface area contributed by atoms with Gasteiger partial charge in [0.1, 0.15) is 0 Å². The molecule has 0 heterocycles. The molecule has 0 radical (unpaired) electrons. The summed E-state index contributed by atoms with van der Waals surface area (Å²) in [5.41, 5.74) is 0. The van der Waals surface area contributed by atoms with Crippen LogP contribution in [0, 0.1) is 0 Å². The fraction of sp³-hybridized carbons (Fsp3) is 0.857. The van der Waals surface area contributed by atoms with E-state index in [0.29, 0.717) is 0 Å². The van der Waals surface area contributed by atoms with Gasteiger partial charge in [0.25, 0.3) is 0 Å². The molecule has 0 spiro atoms. The molecular formula is C7H4F10O2S. The zero-order valence-corrected chi connectivity index (χ0v) is 9.74. The second kappa shape index (κ2) is 5.77. The topological polar surface area (TPSA) is 18.5 Å². The Kier molecular flexibility index (Phi) is 5.48. The first-order chi connectivity index (χ1) is 8.60. The number of ether oxygens (including phenoxy) is 2. The molecule has 20 heavy (non-hydrogen) atoms. The minimum Gasteiger partial charge on any atom is -0.450 e. The van der Waals surface area contributed by atoms with E-state index in [-0.39, 0.29) is 0 Å². The fourth-order valence-corrected chi connectivity index (χ4v) is 0.622. The highest BCUT2D eigenvalue weighted by atomic mass is 32.1. The maximum atomic E-state index is 12.3. The largest absolute Gasteiger partial charge is 0.456 e. The molecule has 0 aromatic rings. The average molecular weight is 342 g/mol. The van der Waals surface area contributed by atoms with Crippen molar-refractivity contribution in [3.05, 3.63) is 0 Å². The molecule has 0 bridgehead atoms.